The van der Waals surface area contributed by atoms with Crippen molar-refractivity contribution in [2.45, 2.75) is 33.1 Å². The summed E-state index contributed by atoms with van der Waals surface area (Å²) < 4.78 is 8.22. The number of allylic oxidation sites excluding steroid dienone is 2. The fourth-order valence-corrected chi connectivity index (χ4v) is 3.73. The summed E-state index contributed by atoms with van der Waals surface area (Å²) in [6.07, 6.45) is 5.64. The number of aryl methyl sites for hydroxylation is 1. The van der Waals surface area contributed by atoms with E-state index in [1.54, 1.807) is 12.3 Å². The van der Waals surface area contributed by atoms with Gasteiger partial charge in [0.1, 0.15) is 5.76 Å². The van der Waals surface area contributed by atoms with Crippen LogP contribution < -0.4 is 10.0 Å². The van der Waals surface area contributed by atoms with Crippen LogP contribution in [0.2, 0.25) is 0 Å². The summed E-state index contributed by atoms with van der Waals surface area (Å²) in [5.74, 6) is 1.14. The molecule has 2 aromatic rings. The molecule has 0 fully saturated rings. The highest BCUT2D eigenvalue weighted by molar-refractivity contribution is 8.21. The Bertz CT molecular complexity index is 849. The van der Waals surface area contributed by atoms with Crippen LogP contribution in [0.1, 0.15) is 37.7 Å². The minimum absolute atomic E-state index is 0.151. The molecule has 2 aromatic heterocycles. The molecule has 1 aliphatic rings. The van der Waals surface area contributed by atoms with Crippen molar-refractivity contribution in [3.8, 4) is 0 Å². The van der Waals surface area contributed by atoms with Gasteiger partial charge < -0.3 is 4.52 Å². The van der Waals surface area contributed by atoms with Crippen LogP contribution in [0.25, 0.3) is 5.57 Å². The molecule has 7 heteroatoms. The number of hydrogen-bond acceptors (Lipinski definition) is 4. The highest BCUT2D eigenvalue weighted by atomic mass is 32.2. The zero-order chi connectivity index (χ0) is 18.0. The number of rotatable bonds is 3. The van der Waals surface area contributed by atoms with Gasteiger partial charge in [-0.1, -0.05) is 25.9 Å². The average Bonchev–Trinajstić information content (AvgIpc) is 3.17. The Labute approximate surface area is 149 Å². The number of carbonyl (C=O) groups is 1. The summed E-state index contributed by atoms with van der Waals surface area (Å²) >= 11 is -0.855. The molecule has 2 amide bonds. The number of carbonyl (C=O) groups excluding carboxylic acids is 1. The van der Waals surface area contributed by atoms with Crippen LogP contribution in [0.15, 0.2) is 45.9 Å². The van der Waals surface area contributed by atoms with Gasteiger partial charge in [-0.3, -0.25) is 15.0 Å². The summed E-state index contributed by atoms with van der Waals surface area (Å²) in [5, 5.41) is 10.7. The monoisotopic (exact) mass is 358 g/mol. The first-order valence-electron chi connectivity index (χ1n) is 7.97. The first kappa shape index (κ1) is 17.3. The molecule has 132 valence electrons. The summed E-state index contributed by atoms with van der Waals surface area (Å²) in [7, 11) is 0. The molecule has 1 unspecified atom stereocenters. The molecule has 1 aliphatic heterocycles. The maximum Gasteiger partial charge on any atom is 0.329 e. The van der Waals surface area contributed by atoms with Crippen LogP contribution in [0.3, 0.4) is 0 Å². The second-order valence-electron chi connectivity index (χ2n) is 6.89. The predicted octanol–water partition coefficient (Wildman–Crippen LogP) is 4.28. The number of amides is 2. The predicted molar refractivity (Wildman–Crippen MR) is 102 cm³/mol. The molecule has 25 heavy (non-hydrogen) atoms. The third-order valence-corrected chi connectivity index (χ3v) is 5.23. The number of nitrogens with zero attached hydrogens (tertiary/aromatic N) is 2. The van der Waals surface area contributed by atoms with E-state index in [1.807, 2.05) is 51.4 Å². The van der Waals surface area contributed by atoms with Crippen molar-refractivity contribution in [2.24, 2.45) is 0 Å². The van der Waals surface area contributed by atoms with E-state index in [1.165, 1.54) is 0 Å². The van der Waals surface area contributed by atoms with Gasteiger partial charge in [-0.25, -0.2) is 4.79 Å². The van der Waals surface area contributed by atoms with E-state index in [0.29, 0.717) is 5.82 Å². The standard InChI is InChI=1S/C18H22N4O2S/c1-12-10-19-7-5-14(12)13-6-8-25(11-13)22-17(23)20-16-9-15(24-21-16)18(2,3)4/h5-11,25H,1-4H3,(H2,20,21,22,23). The molecule has 0 aromatic carbocycles. The van der Waals surface area contributed by atoms with E-state index in [2.05, 4.69) is 25.6 Å². The van der Waals surface area contributed by atoms with Gasteiger partial charge in [0.05, 0.1) is 0 Å². The van der Waals surface area contributed by atoms with Crippen molar-refractivity contribution in [1.29, 1.82) is 0 Å². The molecule has 3 rings (SSSR count). The second-order valence-corrected chi connectivity index (χ2v) is 8.48. The minimum Gasteiger partial charge on any atom is -0.359 e. The Morgan fingerprint density at radius 1 is 1.32 bits per heavy atom. The average molecular weight is 358 g/mol. The lowest BCUT2D eigenvalue weighted by atomic mass is 9.93. The molecule has 0 saturated carbocycles. The topological polar surface area (TPSA) is 80.0 Å². The number of urea groups is 1. The van der Waals surface area contributed by atoms with Gasteiger partial charge in [0.25, 0.3) is 0 Å². The molecule has 6 nitrogen and oxygen atoms in total. The third kappa shape index (κ3) is 4.11. The van der Waals surface area contributed by atoms with Gasteiger partial charge in [0.2, 0.25) is 0 Å². The number of aromatic nitrogens is 2. The van der Waals surface area contributed by atoms with Crippen LogP contribution >= 0.6 is 11.1 Å². The van der Waals surface area contributed by atoms with Crippen molar-refractivity contribution >= 4 is 28.5 Å². The van der Waals surface area contributed by atoms with E-state index >= 15 is 0 Å². The van der Waals surface area contributed by atoms with Gasteiger partial charge in [-0.05, 0) is 46.6 Å². The number of pyridine rings is 1. The highest BCUT2D eigenvalue weighted by Crippen LogP contribution is 2.37. The second kappa shape index (κ2) is 6.76. The maximum absolute atomic E-state index is 12.2. The van der Waals surface area contributed by atoms with E-state index in [4.69, 9.17) is 4.52 Å². The smallest absolute Gasteiger partial charge is 0.329 e. The van der Waals surface area contributed by atoms with E-state index in [0.717, 1.165) is 22.5 Å². The molecular formula is C18H22N4O2S. The van der Waals surface area contributed by atoms with Crippen LogP contribution in [-0.4, -0.2) is 16.2 Å². The summed E-state index contributed by atoms with van der Waals surface area (Å²) in [5.41, 5.74) is 3.19. The van der Waals surface area contributed by atoms with Gasteiger partial charge in [-0.15, -0.1) is 11.1 Å². The summed E-state index contributed by atoms with van der Waals surface area (Å²) in [6.45, 7) is 8.10. The lowest BCUT2D eigenvalue weighted by Crippen LogP contribution is -2.24. The van der Waals surface area contributed by atoms with E-state index in [9.17, 15) is 4.79 Å². The molecule has 1 atom stereocenters. The minimum atomic E-state index is -0.855. The molecule has 0 aliphatic carbocycles. The number of nitrogens with one attached hydrogen (secondary N) is 2. The Balaban J connectivity index is 1.62. The van der Waals surface area contributed by atoms with E-state index in [-0.39, 0.29) is 11.4 Å². The number of hydrogen-bond donors (Lipinski definition) is 3. The van der Waals surface area contributed by atoms with Gasteiger partial charge in [0.15, 0.2) is 5.82 Å². The van der Waals surface area contributed by atoms with Crippen LogP contribution in [0, 0.1) is 6.92 Å². The maximum atomic E-state index is 12.2. The summed E-state index contributed by atoms with van der Waals surface area (Å²) in [6, 6.07) is 3.43. The van der Waals surface area contributed by atoms with Gasteiger partial charge in [-0.2, -0.15) is 0 Å². The first-order chi connectivity index (χ1) is 11.8. The van der Waals surface area contributed by atoms with Gasteiger partial charge in [0, 0.05) is 23.9 Å². The van der Waals surface area contributed by atoms with Crippen LogP contribution in [0.4, 0.5) is 10.6 Å². The van der Waals surface area contributed by atoms with E-state index < -0.39 is 11.1 Å². The Kier molecular flexibility index (Phi) is 4.67. The van der Waals surface area contributed by atoms with Crippen molar-refractivity contribution in [1.82, 2.24) is 14.9 Å². The first-order valence-corrected chi connectivity index (χ1v) is 9.45. The Morgan fingerprint density at radius 3 is 2.80 bits per heavy atom. The molecule has 0 bridgehead atoms. The SMILES string of the molecule is Cc1cnccc1C1=C[SH](NC(=O)Nc2cc(C(C)(C)C)on2)C=C1. The van der Waals surface area contributed by atoms with Crippen molar-refractivity contribution in [2.75, 3.05) is 5.32 Å². The normalized spacial score (nSPS) is 18.1. The van der Waals surface area contributed by atoms with Crippen molar-refractivity contribution in [3.05, 3.63) is 58.3 Å². The highest BCUT2D eigenvalue weighted by Gasteiger charge is 2.20. The molecule has 2 N–H and O–H groups in total. The molecule has 0 saturated heterocycles. The molecule has 0 radical (unpaired) electrons. The quantitative estimate of drug-likeness (QED) is 0.715. The zero-order valence-corrected chi connectivity index (χ0v) is 15.6. The molecule has 0 spiro atoms. The Morgan fingerprint density at radius 2 is 2.12 bits per heavy atom. The molecular weight excluding hydrogens is 336 g/mol. The molecule has 3 heterocycles. The fraction of sp³-hybridized carbons (Fsp3) is 0.278. The Hall–Kier alpha value is -2.54. The fourth-order valence-electron chi connectivity index (χ4n) is 2.37. The van der Waals surface area contributed by atoms with Gasteiger partial charge >= 0.3 is 6.03 Å². The van der Waals surface area contributed by atoms with Crippen molar-refractivity contribution < 1.29 is 9.32 Å². The lowest BCUT2D eigenvalue weighted by molar-refractivity contribution is 0.257. The van der Waals surface area contributed by atoms with Crippen molar-refractivity contribution in [3.63, 3.8) is 0 Å². The van der Waals surface area contributed by atoms with Crippen LogP contribution in [0.5, 0.6) is 0 Å². The third-order valence-electron chi connectivity index (χ3n) is 3.75. The van der Waals surface area contributed by atoms with Crippen LogP contribution in [-0.2, 0) is 5.41 Å². The zero-order valence-electron chi connectivity index (χ0n) is 14.7. The lowest BCUT2D eigenvalue weighted by Gasteiger charge is -2.13. The number of anilines is 1. The summed E-state index contributed by atoms with van der Waals surface area (Å²) in [4.78, 5) is 16.3. The number of thiol groups is 1. The largest absolute Gasteiger partial charge is 0.359 e.